The molecule has 2 rings (SSSR count). The van der Waals surface area contributed by atoms with Gasteiger partial charge in [-0.2, -0.15) is 0 Å². The average Bonchev–Trinajstić information content (AvgIpc) is 2.36. The van der Waals surface area contributed by atoms with Gasteiger partial charge in [0.25, 0.3) is 0 Å². The van der Waals surface area contributed by atoms with E-state index in [2.05, 4.69) is 5.16 Å². The first-order chi connectivity index (χ1) is 7.74. The molecule has 0 amide bonds. The summed E-state index contributed by atoms with van der Waals surface area (Å²) >= 11 is 0. The average molecular weight is 220 g/mol. The Hall–Kier alpha value is -2.17. The lowest BCUT2D eigenvalue weighted by Gasteiger charge is -2.17. The highest BCUT2D eigenvalue weighted by molar-refractivity contribution is 6.01. The Morgan fingerprint density at radius 2 is 2.38 bits per heavy atom. The Morgan fingerprint density at radius 1 is 1.56 bits per heavy atom. The summed E-state index contributed by atoms with van der Waals surface area (Å²) in [5, 5.41) is 11.5. The number of hydrogen-bond donors (Lipinski definition) is 2. The molecule has 0 aliphatic carbocycles. The van der Waals surface area contributed by atoms with E-state index in [4.69, 9.17) is 20.4 Å². The van der Waals surface area contributed by atoms with Crippen LogP contribution >= 0.6 is 0 Å². The summed E-state index contributed by atoms with van der Waals surface area (Å²) in [5.74, 6) is 1.56. The summed E-state index contributed by atoms with van der Waals surface area (Å²) in [6.45, 7) is 0.301. The van der Waals surface area contributed by atoms with Crippen LogP contribution in [0.15, 0.2) is 28.9 Å². The molecule has 1 heterocycles. The Bertz CT molecular complexity index is 466. The Balaban J connectivity index is 2.41. The topological polar surface area (TPSA) is 77.1 Å². The number of benzene rings is 1. The van der Waals surface area contributed by atoms with Gasteiger partial charge in [0, 0.05) is 11.1 Å². The number of methoxy groups -OCH3 is 1. The molecule has 5 heteroatoms. The van der Waals surface area contributed by atoms with Gasteiger partial charge in [-0.25, -0.2) is 0 Å². The van der Waals surface area contributed by atoms with E-state index in [1.807, 2.05) is 24.3 Å². The first-order valence-electron chi connectivity index (χ1n) is 4.74. The lowest BCUT2D eigenvalue weighted by atomic mass is 10.1. The van der Waals surface area contributed by atoms with E-state index in [1.54, 1.807) is 7.11 Å². The minimum atomic E-state index is 0.0634. The minimum Gasteiger partial charge on any atom is -0.497 e. The van der Waals surface area contributed by atoms with E-state index in [0.717, 1.165) is 17.1 Å². The fourth-order valence-electron chi connectivity index (χ4n) is 1.49. The fraction of sp³-hybridized carbons (Fsp3) is 0.182. The Kier molecular flexibility index (Phi) is 2.68. The molecular weight excluding hydrogens is 208 g/mol. The molecule has 1 aliphatic heterocycles. The summed E-state index contributed by atoms with van der Waals surface area (Å²) in [6, 6.07) is 5.48. The standard InChI is InChI=1S/C11H12N2O3/c1-15-9-2-3-10-7(5-9)4-8(6-16-10)11(12)13-14/h2-5,14H,6H2,1H3,(H2,12,13). The van der Waals surface area contributed by atoms with Crippen molar-refractivity contribution < 1.29 is 14.7 Å². The molecule has 5 nitrogen and oxygen atoms in total. The van der Waals surface area contributed by atoms with Crippen LogP contribution in [-0.2, 0) is 0 Å². The van der Waals surface area contributed by atoms with Gasteiger partial charge in [-0.15, -0.1) is 0 Å². The van der Waals surface area contributed by atoms with Crippen molar-refractivity contribution in [3.63, 3.8) is 0 Å². The van der Waals surface area contributed by atoms with Gasteiger partial charge in [0.05, 0.1) is 7.11 Å². The fourth-order valence-corrected chi connectivity index (χ4v) is 1.49. The number of fused-ring (bicyclic) bond motifs is 1. The maximum Gasteiger partial charge on any atom is 0.169 e. The molecule has 0 atom stereocenters. The summed E-state index contributed by atoms with van der Waals surface area (Å²) < 4.78 is 10.6. The van der Waals surface area contributed by atoms with Crippen molar-refractivity contribution in [3.8, 4) is 11.5 Å². The van der Waals surface area contributed by atoms with Crippen LogP contribution < -0.4 is 15.2 Å². The second kappa shape index (κ2) is 4.14. The van der Waals surface area contributed by atoms with E-state index in [-0.39, 0.29) is 5.84 Å². The summed E-state index contributed by atoms with van der Waals surface area (Å²) in [4.78, 5) is 0. The van der Waals surface area contributed by atoms with Gasteiger partial charge >= 0.3 is 0 Å². The minimum absolute atomic E-state index is 0.0634. The molecule has 0 bridgehead atoms. The molecule has 3 N–H and O–H groups in total. The second-order valence-electron chi connectivity index (χ2n) is 3.35. The monoisotopic (exact) mass is 220 g/mol. The van der Waals surface area contributed by atoms with Crippen LogP contribution in [0.5, 0.6) is 11.5 Å². The zero-order valence-corrected chi connectivity index (χ0v) is 8.80. The van der Waals surface area contributed by atoms with Crippen LogP contribution in [0.25, 0.3) is 6.08 Å². The van der Waals surface area contributed by atoms with Crippen molar-refractivity contribution in [1.82, 2.24) is 0 Å². The molecular formula is C11H12N2O3. The third kappa shape index (κ3) is 1.79. The maximum atomic E-state index is 8.58. The van der Waals surface area contributed by atoms with Crippen molar-refractivity contribution in [2.24, 2.45) is 10.9 Å². The van der Waals surface area contributed by atoms with Crippen LogP contribution in [0, 0.1) is 0 Å². The molecule has 0 aromatic heterocycles. The maximum absolute atomic E-state index is 8.58. The van der Waals surface area contributed by atoms with Crippen LogP contribution in [0.1, 0.15) is 5.56 Å². The predicted molar refractivity (Wildman–Crippen MR) is 59.9 cm³/mol. The zero-order chi connectivity index (χ0) is 11.5. The van der Waals surface area contributed by atoms with E-state index in [0.29, 0.717) is 12.2 Å². The lowest BCUT2D eigenvalue weighted by Crippen LogP contribution is -2.21. The molecule has 1 aromatic carbocycles. The number of ether oxygens (including phenoxy) is 2. The molecule has 0 spiro atoms. The van der Waals surface area contributed by atoms with Crippen LogP contribution in [0.2, 0.25) is 0 Å². The highest BCUT2D eigenvalue weighted by atomic mass is 16.5. The molecule has 0 saturated heterocycles. The summed E-state index contributed by atoms with van der Waals surface area (Å²) in [5.41, 5.74) is 6.99. The number of rotatable bonds is 2. The molecule has 0 radical (unpaired) electrons. The van der Waals surface area contributed by atoms with E-state index in [9.17, 15) is 0 Å². The summed E-state index contributed by atoms with van der Waals surface area (Å²) in [7, 11) is 1.60. The van der Waals surface area contributed by atoms with Crippen LogP contribution in [-0.4, -0.2) is 24.8 Å². The third-order valence-electron chi connectivity index (χ3n) is 2.37. The highest BCUT2D eigenvalue weighted by Gasteiger charge is 2.14. The van der Waals surface area contributed by atoms with E-state index in [1.165, 1.54) is 0 Å². The molecule has 1 aliphatic rings. The zero-order valence-electron chi connectivity index (χ0n) is 8.80. The van der Waals surface area contributed by atoms with Gasteiger partial charge in [0.15, 0.2) is 5.84 Å². The Labute approximate surface area is 92.8 Å². The number of hydrogen-bond acceptors (Lipinski definition) is 4. The second-order valence-corrected chi connectivity index (χ2v) is 3.35. The van der Waals surface area contributed by atoms with Crippen molar-refractivity contribution in [2.45, 2.75) is 0 Å². The quantitative estimate of drug-likeness (QED) is 0.340. The third-order valence-corrected chi connectivity index (χ3v) is 2.37. The van der Waals surface area contributed by atoms with Gasteiger partial charge in [0.2, 0.25) is 0 Å². The van der Waals surface area contributed by atoms with Gasteiger partial charge in [-0.1, -0.05) is 5.16 Å². The molecule has 0 saturated carbocycles. The predicted octanol–water partition coefficient (Wildman–Crippen LogP) is 1.22. The number of nitrogens with zero attached hydrogens (tertiary/aromatic N) is 1. The smallest absolute Gasteiger partial charge is 0.169 e. The molecule has 0 fully saturated rings. The van der Waals surface area contributed by atoms with Crippen molar-refractivity contribution in [1.29, 1.82) is 0 Å². The lowest BCUT2D eigenvalue weighted by molar-refractivity contribution is 0.315. The number of nitrogens with two attached hydrogens (primary N) is 1. The molecule has 0 unspecified atom stereocenters. The summed E-state index contributed by atoms with van der Waals surface area (Å²) in [6.07, 6.45) is 1.82. The van der Waals surface area contributed by atoms with E-state index >= 15 is 0 Å². The molecule has 84 valence electrons. The first kappa shape index (κ1) is 10.4. The van der Waals surface area contributed by atoms with E-state index < -0.39 is 0 Å². The SMILES string of the molecule is COc1ccc2c(c1)C=C(/C(N)=N\O)CO2. The van der Waals surface area contributed by atoms with Crippen molar-refractivity contribution >= 4 is 11.9 Å². The van der Waals surface area contributed by atoms with Crippen LogP contribution in [0.4, 0.5) is 0 Å². The van der Waals surface area contributed by atoms with Gasteiger partial charge in [0.1, 0.15) is 18.1 Å². The first-order valence-corrected chi connectivity index (χ1v) is 4.74. The molecule has 1 aromatic rings. The normalized spacial score (nSPS) is 14.8. The van der Waals surface area contributed by atoms with Gasteiger partial charge in [-0.05, 0) is 24.3 Å². The largest absolute Gasteiger partial charge is 0.497 e. The van der Waals surface area contributed by atoms with Crippen molar-refractivity contribution in [2.75, 3.05) is 13.7 Å². The van der Waals surface area contributed by atoms with Gasteiger partial charge < -0.3 is 20.4 Å². The van der Waals surface area contributed by atoms with Crippen LogP contribution in [0.3, 0.4) is 0 Å². The molecule has 16 heavy (non-hydrogen) atoms. The number of amidine groups is 1. The highest BCUT2D eigenvalue weighted by Crippen LogP contribution is 2.29. The van der Waals surface area contributed by atoms with Crippen molar-refractivity contribution in [3.05, 3.63) is 29.3 Å². The van der Waals surface area contributed by atoms with Gasteiger partial charge in [-0.3, -0.25) is 0 Å². The number of oxime groups is 1. The Morgan fingerprint density at radius 3 is 3.06 bits per heavy atom.